The van der Waals surface area contributed by atoms with Crippen LogP contribution in [0, 0.1) is 5.82 Å². The van der Waals surface area contributed by atoms with Crippen molar-refractivity contribution in [2.75, 3.05) is 20.8 Å². The summed E-state index contributed by atoms with van der Waals surface area (Å²) in [5, 5.41) is 0. The molecule has 0 radical (unpaired) electrons. The van der Waals surface area contributed by atoms with Crippen LogP contribution in [0.1, 0.15) is 31.4 Å². The number of hydrogen-bond donors (Lipinski definition) is 0. The van der Waals surface area contributed by atoms with Crippen molar-refractivity contribution in [3.8, 4) is 17.2 Å². The first-order chi connectivity index (χ1) is 13.0. The number of methoxy groups -OCH3 is 2. The maximum Gasteiger partial charge on any atom is 0.263 e. The molecule has 2 aromatic carbocycles. The van der Waals surface area contributed by atoms with Gasteiger partial charge < -0.3 is 19.1 Å². The van der Waals surface area contributed by atoms with Gasteiger partial charge in [0.1, 0.15) is 23.1 Å². The molecule has 0 aliphatic carbocycles. The number of carbonyl (C=O) groups is 1. The molecule has 0 unspecified atom stereocenters. The Labute approximate surface area is 158 Å². The van der Waals surface area contributed by atoms with Crippen molar-refractivity contribution in [3.63, 3.8) is 0 Å². The third kappa shape index (κ3) is 4.15. The van der Waals surface area contributed by atoms with E-state index < -0.39 is 6.10 Å². The number of halogens is 1. The number of amides is 1. The Morgan fingerprint density at radius 3 is 2.48 bits per heavy atom. The zero-order valence-electron chi connectivity index (χ0n) is 15.8. The maximum absolute atomic E-state index is 13.0. The fourth-order valence-corrected chi connectivity index (χ4v) is 3.45. The molecular weight excluding hydrogens is 349 g/mol. The number of hydrogen-bond acceptors (Lipinski definition) is 4. The second-order valence-electron chi connectivity index (χ2n) is 6.51. The van der Waals surface area contributed by atoms with Crippen molar-refractivity contribution >= 4 is 5.91 Å². The monoisotopic (exact) mass is 373 g/mol. The predicted molar refractivity (Wildman–Crippen MR) is 99.7 cm³/mol. The van der Waals surface area contributed by atoms with Crippen LogP contribution >= 0.6 is 0 Å². The van der Waals surface area contributed by atoms with Crippen LogP contribution < -0.4 is 14.2 Å². The quantitative estimate of drug-likeness (QED) is 0.769. The van der Waals surface area contributed by atoms with Crippen molar-refractivity contribution in [3.05, 3.63) is 53.8 Å². The lowest BCUT2D eigenvalue weighted by atomic mass is 10.0. The molecule has 144 valence electrons. The summed E-state index contributed by atoms with van der Waals surface area (Å²) in [5.41, 5.74) is 0.957. The van der Waals surface area contributed by atoms with E-state index in [0.717, 1.165) is 18.4 Å². The van der Waals surface area contributed by atoms with E-state index in [-0.39, 0.29) is 17.8 Å². The number of benzene rings is 2. The second kappa shape index (κ2) is 8.29. The topological polar surface area (TPSA) is 48.0 Å². The predicted octanol–water partition coefficient (Wildman–Crippen LogP) is 3.97. The van der Waals surface area contributed by atoms with Gasteiger partial charge in [0, 0.05) is 18.2 Å². The molecule has 1 amide bonds. The minimum Gasteiger partial charge on any atom is -0.497 e. The third-order valence-corrected chi connectivity index (χ3v) is 4.81. The average molecular weight is 373 g/mol. The van der Waals surface area contributed by atoms with E-state index in [4.69, 9.17) is 14.2 Å². The van der Waals surface area contributed by atoms with Gasteiger partial charge in [0.15, 0.2) is 6.10 Å². The molecule has 0 spiro atoms. The fraction of sp³-hybridized carbons (Fsp3) is 0.381. The van der Waals surface area contributed by atoms with Gasteiger partial charge >= 0.3 is 0 Å². The van der Waals surface area contributed by atoms with Crippen molar-refractivity contribution in [2.45, 2.75) is 31.9 Å². The lowest BCUT2D eigenvalue weighted by Gasteiger charge is -2.29. The molecule has 1 aliphatic rings. The molecule has 0 aromatic heterocycles. The number of rotatable bonds is 6. The second-order valence-corrected chi connectivity index (χ2v) is 6.51. The Bertz CT molecular complexity index is 793. The summed E-state index contributed by atoms with van der Waals surface area (Å²) < 4.78 is 29.5. The maximum atomic E-state index is 13.0. The van der Waals surface area contributed by atoms with Gasteiger partial charge in [-0.3, -0.25) is 4.79 Å². The van der Waals surface area contributed by atoms with Crippen LogP contribution in [0.2, 0.25) is 0 Å². The molecule has 3 rings (SSSR count). The normalized spacial score (nSPS) is 17.5. The van der Waals surface area contributed by atoms with E-state index >= 15 is 0 Å². The number of carbonyl (C=O) groups excluding carboxylic acids is 1. The molecular formula is C21H24FNO4. The highest BCUT2D eigenvalue weighted by Crippen LogP contribution is 2.39. The van der Waals surface area contributed by atoms with Crippen LogP contribution in [0.15, 0.2) is 42.5 Å². The lowest BCUT2D eigenvalue weighted by Crippen LogP contribution is -2.40. The zero-order chi connectivity index (χ0) is 19.4. The van der Waals surface area contributed by atoms with E-state index in [1.807, 2.05) is 23.1 Å². The van der Waals surface area contributed by atoms with Crippen LogP contribution in [0.4, 0.5) is 4.39 Å². The molecule has 5 nitrogen and oxygen atoms in total. The number of ether oxygens (including phenoxy) is 3. The Morgan fingerprint density at radius 1 is 1.11 bits per heavy atom. The summed E-state index contributed by atoms with van der Waals surface area (Å²) in [7, 11) is 3.22. The van der Waals surface area contributed by atoms with Crippen LogP contribution in [-0.4, -0.2) is 37.7 Å². The molecule has 6 heteroatoms. The minimum absolute atomic E-state index is 0.0716. The van der Waals surface area contributed by atoms with E-state index in [2.05, 4.69) is 0 Å². The van der Waals surface area contributed by atoms with E-state index in [1.165, 1.54) is 24.3 Å². The summed E-state index contributed by atoms with van der Waals surface area (Å²) in [6.45, 7) is 2.38. The van der Waals surface area contributed by atoms with Crippen LogP contribution in [0.5, 0.6) is 17.2 Å². The number of nitrogens with zero attached hydrogens (tertiary/aromatic N) is 1. The average Bonchev–Trinajstić information content (AvgIpc) is 3.18. The van der Waals surface area contributed by atoms with Crippen molar-refractivity contribution in [2.24, 2.45) is 0 Å². The Hall–Kier alpha value is -2.76. The molecule has 2 atom stereocenters. The SMILES string of the molecule is COc1ccc([C@@H]2CCCN2C(=O)[C@H](C)Oc2ccc(F)cc2)c(OC)c1. The first-order valence-electron chi connectivity index (χ1n) is 8.98. The van der Waals surface area contributed by atoms with Gasteiger partial charge in [-0.05, 0) is 56.2 Å². The zero-order valence-corrected chi connectivity index (χ0v) is 15.8. The Morgan fingerprint density at radius 2 is 1.81 bits per heavy atom. The smallest absolute Gasteiger partial charge is 0.263 e. The summed E-state index contributed by atoms with van der Waals surface area (Å²) in [6.07, 6.45) is 1.10. The van der Waals surface area contributed by atoms with Gasteiger partial charge in [-0.1, -0.05) is 0 Å². The van der Waals surface area contributed by atoms with Crippen molar-refractivity contribution in [1.29, 1.82) is 0 Å². The molecule has 0 N–H and O–H groups in total. The molecule has 27 heavy (non-hydrogen) atoms. The Kier molecular flexibility index (Phi) is 5.84. The first-order valence-corrected chi connectivity index (χ1v) is 8.98. The van der Waals surface area contributed by atoms with Gasteiger partial charge in [-0.15, -0.1) is 0 Å². The summed E-state index contributed by atoms with van der Waals surface area (Å²) in [5.74, 6) is 1.44. The molecule has 1 aliphatic heterocycles. The highest BCUT2D eigenvalue weighted by molar-refractivity contribution is 5.81. The molecule has 1 heterocycles. The molecule has 1 saturated heterocycles. The van der Waals surface area contributed by atoms with Gasteiger partial charge in [0.2, 0.25) is 0 Å². The van der Waals surface area contributed by atoms with Crippen LogP contribution in [0.3, 0.4) is 0 Å². The van der Waals surface area contributed by atoms with Crippen molar-refractivity contribution < 1.29 is 23.4 Å². The Balaban J connectivity index is 1.77. The lowest BCUT2D eigenvalue weighted by molar-refractivity contribution is -0.138. The van der Waals surface area contributed by atoms with Crippen LogP contribution in [-0.2, 0) is 4.79 Å². The summed E-state index contributed by atoms with van der Waals surface area (Å²) >= 11 is 0. The summed E-state index contributed by atoms with van der Waals surface area (Å²) in [6, 6.07) is 11.2. The van der Waals surface area contributed by atoms with Gasteiger partial charge in [-0.2, -0.15) is 0 Å². The highest BCUT2D eigenvalue weighted by atomic mass is 19.1. The fourth-order valence-electron chi connectivity index (χ4n) is 3.45. The first kappa shape index (κ1) is 19.0. The molecule has 1 fully saturated rings. The highest BCUT2D eigenvalue weighted by Gasteiger charge is 2.34. The molecule has 0 saturated carbocycles. The van der Waals surface area contributed by atoms with Crippen molar-refractivity contribution in [1.82, 2.24) is 4.90 Å². The molecule has 0 bridgehead atoms. The van der Waals surface area contributed by atoms with E-state index in [1.54, 1.807) is 21.1 Å². The van der Waals surface area contributed by atoms with Gasteiger partial charge in [0.05, 0.1) is 20.3 Å². The third-order valence-electron chi connectivity index (χ3n) is 4.81. The number of likely N-dealkylation sites (tertiary alicyclic amines) is 1. The van der Waals surface area contributed by atoms with E-state index in [9.17, 15) is 9.18 Å². The summed E-state index contributed by atoms with van der Waals surface area (Å²) in [4.78, 5) is 14.8. The molecule has 2 aromatic rings. The van der Waals surface area contributed by atoms with E-state index in [0.29, 0.717) is 23.8 Å². The minimum atomic E-state index is -0.666. The van der Waals surface area contributed by atoms with Gasteiger partial charge in [0.25, 0.3) is 5.91 Å². The van der Waals surface area contributed by atoms with Gasteiger partial charge in [-0.25, -0.2) is 4.39 Å². The largest absolute Gasteiger partial charge is 0.497 e. The standard InChI is InChI=1S/C21H24FNO4/c1-14(27-16-8-6-15(22)7-9-16)21(24)23-12-4-5-19(23)18-11-10-17(25-2)13-20(18)26-3/h6-11,13-14,19H,4-5,12H2,1-3H3/t14-,19-/m0/s1. The van der Waals surface area contributed by atoms with Crippen LogP contribution in [0.25, 0.3) is 0 Å².